The van der Waals surface area contributed by atoms with Gasteiger partial charge in [-0.2, -0.15) is 0 Å². The fraction of sp³-hybridized carbons (Fsp3) is 0.167. The van der Waals surface area contributed by atoms with E-state index < -0.39 is 5.97 Å². The first-order chi connectivity index (χ1) is 14.6. The standard InChI is InChI=1S/C24H22N2O4/c1-3-29-24(27)22-21(16-9-5-4-6-10-16)18-13-12-17(15-19(18)23(22)25-2)30-20-11-7-8-14-26(20)28/h4-13,15,28H,3,14H2,1-2H3. The highest BCUT2D eigenvalue weighted by Crippen LogP contribution is 2.40. The minimum Gasteiger partial charge on any atom is -0.462 e. The largest absolute Gasteiger partial charge is 0.462 e. The molecule has 0 aromatic heterocycles. The van der Waals surface area contributed by atoms with Gasteiger partial charge in [-0.3, -0.25) is 10.2 Å². The molecule has 0 amide bonds. The fourth-order valence-electron chi connectivity index (χ4n) is 3.62. The summed E-state index contributed by atoms with van der Waals surface area (Å²) in [6, 6.07) is 15.3. The molecule has 0 bridgehead atoms. The van der Waals surface area contributed by atoms with Crippen LogP contribution in [-0.4, -0.2) is 42.2 Å². The highest BCUT2D eigenvalue weighted by atomic mass is 16.6. The highest BCUT2D eigenvalue weighted by Gasteiger charge is 2.34. The summed E-state index contributed by atoms with van der Waals surface area (Å²) in [4.78, 5) is 17.3. The number of ether oxygens (including phenoxy) is 2. The topological polar surface area (TPSA) is 71.4 Å². The average molecular weight is 402 g/mol. The molecule has 1 heterocycles. The van der Waals surface area contributed by atoms with Crippen molar-refractivity contribution in [3.8, 4) is 5.75 Å². The molecule has 152 valence electrons. The third kappa shape index (κ3) is 3.53. The maximum atomic E-state index is 12.9. The summed E-state index contributed by atoms with van der Waals surface area (Å²) in [6.45, 7) is 2.41. The van der Waals surface area contributed by atoms with Gasteiger partial charge in [0.2, 0.25) is 5.88 Å². The van der Waals surface area contributed by atoms with Crippen molar-refractivity contribution in [3.63, 3.8) is 0 Å². The molecule has 0 saturated heterocycles. The number of nitrogens with zero attached hydrogens (tertiary/aromatic N) is 2. The Morgan fingerprint density at radius 1 is 1.17 bits per heavy atom. The Morgan fingerprint density at radius 2 is 1.97 bits per heavy atom. The summed E-state index contributed by atoms with van der Waals surface area (Å²) in [7, 11) is 1.66. The lowest BCUT2D eigenvalue weighted by atomic mass is 9.97. The first-order valence-corrected chi connectivity index (χ1v) is 9.74. The van der Waals surface area contributed by atoms with Crippen LogP contribution in [0.1, 0.15) is 23.6 Å². The number of allylic oxidation sites excluding steroid dienone is 2. The second kappa shape index (κ2) is 8.39. The SMILES string of the molecule is CCOC(=O)C1=C(c2ccccc2)c2ccc(OC3=CC=CCN3O)cc2C1=NC. The molecule has 1 N–H and O–H groups in total. The molecule has 2 aromatic carbocycles. The highest BCUT2D eigenvalue weighted by molar-refractivity contribution is 6.37. The molecule has 4 rings (SSSR count). The van der Waals surface area contributed by atoms with Gasteiger partial charge in [0.05, 0.1) is 24.4 Å². The number of carbonyl (C=O) groups is 1. The molecular weight excluding hydrogens is 380 g/mol. The van der Waals surface area contributed by atoms with Crippen LogP contribution < -0.4 is 4.74 Å². The van der Waals surface area contributed by atoms with Crippen molar-refractivity contribution < 1.29 is 19.5 Å². The summed E-state index contributed by atoms with van der Waals surface area (Å²) in [5.74, 6) is 0.456. The molecule has 1 aliphatic carbocycles. The molecule has 0 fully saturated rings. The van der Waals surface area contributed by atoms with E-state index in [9.17, 15) is 10.0 Å². The minimum absolute atomic E-state index is 0.278. The Kier molecular flexibility index (Phi) is 5.50. The Labute approximate surface area is 175 Å². The maximum Gasteiger partial charge on any atom is 0.340 e. The molecule has 2 aromatic rings. The lowest BCUT2D eigenvalue weighted by Gasteiger charge is -2.21. The molecule has 0 saturated carbocycles. The Morgan fingerprint density at radius 3 is 2.67 bits per heavy atom. The molecule has 30 heavy (non-hydrogen) atoms. The molecule has 1 aliphatic heterocycles. The predicted octanol–water partition coefficient (Wildman–Crippen LogP) is 3.97. The van der Waals surface area contributed by atoms with Crippen LogP contribution in [0.3, 0.4) is 0 Å². The van der Waals surface area contributed by atoms with Crippen molar-refractivity contribution in [2.24, 2.45) is 4.99 Å². The third-order valence-electron chi connectivity index (χ3n) is 4.90. The van der Waals surface area contributed by atoms with Gasteiger partial charge in [-0.25, -0.2) is 9.86 Å². The number of esters is 1. The van der Waals surface area contributed by atoms with Gasteiger partial charge in [0.15, 0.2) is 0 Å². The Hall–Kier alpha value is -3.64. The quantitative estimate of drug-likeness (QED) is 0.767. The zero-order chi connectivity index (χ0) is 21.1. The van der Waals surface area contributed by atoms with Gasteiger partial charge in [0.1, 0.15) is 5.75 Å². The van der Waals surface area contributed by atoms with Crippen molar-refractivity contribution in [1.82, 2.24) is 5.06 Å². The summed E-state index contributed by atoms with van der Waals surface area (Å²) in [6.07, 6.45) is 5.32. The minimum atomic E-state index is -0.405. The average Bonchev–Trinajstić information content (AvgIpc) is 3.10. The van der Waals surface area contributed by atoms with E-state index in [2.05, 4.69) is 4.99 Å². The van der Waals surface area contributed by atoms with Gasteiger partial charge >= 0.3 is 5.97 Å². The van der Waals surface area contributed by atoms with Gasteiger partial charge in [0, 0.05) is 24.3 Å². The normalized spacial score (nSPS) is 16.6. The van der Waals surface area contributed by atoms with E-state index in [1.54, 1.807) is 20.0 Å². The van der Waals surface area contributed by atoms with E-state index >= 15 is 0 Å². The first-order valence-electron chi connectivity index (χ1n) is 9.74. The zero-order valence-corrected chi connectivity index (χ0v) is 16.8. The van der Waals surface area contributed by atoms with Gasteiger partial charge in [-0.15, -0.1) is 0 Å². The van der Waals surface area contributed by atoms with Crippen LogP contribution in [0.2, 0.25) is 0 Å². The number of aliphatic imine (C=N–C) groups is 1. The van der Waals surface area contributed by atoms with Crippen molar-refractivity contribution in [2.75, 3.05) is 20.2 Å². The van der Waals surface area contributed by atoms with Crippen LogP contribution in [0, 0.1) is 0 Å². The lowest BCUT2D eigenvalue weighted by molar-refractivity contribution is -0.137. The maximum absolute atomic E-state index is 12.9. The number of rotatable bonds is 5. The van der Waals surface area contributed by atoms with Crippen LogP contribution in [0.5, 0.6) is 5.75 Å². The summed E-state index contributed by atoms with van der Waals surface area (Å²) in [5, 5.41) is 11.0. The van der Waals surface area contributed by atoms with Crippen LogP contribution in [0.25, 0.3) is 5.57 Å². The van der Waals surface area contributed by atoms with Gasteiger partial charge in [-0.1, -0.05) is 42.5 Å². The lowest BCUT2D eigenvalue weighted by Crippen LogP contribution is -2.24. The van der Waals surface area contributed by atoms with Gasteiger partial charge in [-0.05, 0) is 36.2 Å². The number of fused-ring (bicyclic) bond motifs is 1. The van der Waals surface area contributed by atoms with E-state index in [0.717, 1.165) is 27.3 Å². The second-order valence-electron chi connectivity index (χ2n) is 6.73. The van der Waals surface area contributed by atoms with Crippen molar-refractivity contribution in [3.05, 3.63) is 94.9 Å². The predicted molar refractivity (Wildman–Crippen MR) is 114 cm³/mol. The second-order valence-corrected chi connectivity index (χ2v) is 6.73. The van der Waals surface area contributed by atoms with E-state index in [1.165, 1.54) is 0 Å². The van der Waals surface area contributed by atoms with Crippen LogP contribution in [0.15, 0.2) is 83.2 Å². The molecular formula is C24H22N2O4. The molecule has 2 aliphatic rings. The summed E-state index contributed by atoms with van der Waals surface area (Å²) >= 11 is 0. The van der Waals surface area contributed by atoms with E-state index in [-0.39, 0.29) is 6.61 Å². The molecule has 0 unspecified atom stereocenters. The molecule has 6 nitrogen and oxygen atoms in total. The van der Waals surface area contributed by atoms with Gasteiger partial charge in [0.25, 0.3) is 0 Å². The van der Waals surface area contributed by atoms with Crippen molar-refractivity contribution >= 4 is 17.3 Å². The first kappa shape index (κ1) is 19.7. The van der Waals surface area contributed by atoms with Crippen molar-refractivity contribution in [1.29, 1.82) is 0 Å². The molecule has 0 radical (unpaired) electrons. The molecule has 0 spiro atoms. The van der Waals surface area contributed by atoms with Gasteiger partial charge < -0.3 is 9.47 Å². The van der Waals surface area contributed by atoms with E-state index in [4.69, 9.17) is 9.47 Å². The summed E-state index contributed by atoms with van der Waals surface area (Å²) in [5.41, 5.74) is 4.38. The van der Waals surface area contributed by atoms with E-state index in [1.807, 2.05) is 60.7 Å². The van der Waals surface area contributed by atoms with Crippen LogP contribution >= 0.6 is 0 Å². The monoisotopic (exact) mass is 402 g/mol. The van der Waals surface area contributed by atoms with Crippen LogP contribution in [0.4, 0.5) is 0 Å². The number of hydroxylamine groups is 2. The number of benzene rings is 2. The third-order valence-corrected chi connectivity index (χ3v) is 4.90. The number of carbonyl (C=O) groups excluding carboxylic acids is 1. The fourth-order valence-corrected chi connectivity index (χ4v) is 3.62. The molecule has 0 atom stereocenters. The Balaban J connectivity index is 1.81. The zero-order valence-electron chi connectivity index (χ0n) is 16.8. The van der Waals surface area contributed by atoms with Crippen LogP contribution in [-0.2, 0) is 9.53 Å². The Bertz CT molecular complexity index is 1100. The number of hydrogen-bond acceptors (Lipinski definition) is 6. The van der Waals surface area contributed by atoms with Crippen molar-refractivity contribution in [2.45, 2.75) is 6.92 Å². The number of hydrogen-bond donors (Lipinski definition) is 1. The molecule has 6 heteroatoms. The smallest absolute Gasteiger partial charge is 0.340 e. The summed E-state index contributed by atoms with van der Waals surface area (Å²) < 4.78 is 11.2. The van der Waals surface area contributed by atoms with E-state index in [0.29, 0.717) is 29.5 Å².